The van der Waals surface area contributed by atoms with Gasteiger partial charge in [-0.3, -0.25) is 4.79 Å². The first-order valence-electron chi connectivity index (χ1n) is 16.9. The number of carbonyl (C=O) groups excluding carboxylic acids is 1. The van der Waals surface area contributed by atoms with E-state index in [4.69, 9.17) is 9.47 Å². The lowest BCUT2D eigenvalue weighted by atomic mass is 9.91. The summed E-state index contributed by atoms with van der Waals surface area (Å²) >= 11 is 0. The first-order valence-corrected chi connectivity index (χ1v) is 16.9. The van der Waals surface area contributed by atoms with Crippen LogP contribution >= 0.6 is 0 Å². The van der Waals surface area contributed by atoms with Crippen LogP contribution in [0.25, 0.3) is 0 Å². The van der Waals surface area contributed by atoms with Crippen LogP contribution in [-0.2, 0) is 4.79 Å². The van der Waals surface area contributed by atoms with Crippen LogP contribution in [0.4, 0.5) is 0 Å². The van der Waals surface area contributed by atoms with Crippen LogP contribution in [0.5, 0.6) is 11.5 Å². The predicted molar refractivity (Wildman–Crippen MR) is 179 cm³/mol. The fourth-order valence-corrected chi connectivity index (χ4v) is 5.61. The number of unbranched alkanes of at least 4 members (excludes halogenated alkanes) is 15. The first-order chi connectivity index (χ1) is 21.6. The molecule has 0 aliphatic heterocycles. The van der Waals surface area contributed by atoms with Gasteiger partial charge in [0.1, 0.15) is 17.4 Å². The zero-order chi connectivity index (χ0) is 31.2. The van der Waals surface area contributed by atoms with Crippen LogP contribution in [-0.4, -0.2) is 23.7 Å². The maximum atomic E-state index is 13.4. The molecule has 0 aromatic heterocycles. The molecule has 0 saturated heterocycles. The fourth-order valence-electron chi connectivity index (χ4n) is 5.61. The number of carboxylic acids is 1. The van der Waals surface area contributed by atoms with E-state index in [1.54, 1.807) is 6.07 Å². The number of hydrogen-bond donors (Lipinski definition) is 1. The molecular formula is C39H52O5. The highest BCUT2D eigenvalue weighted by Gasteiger charge is 2.25. The van der Waals surface area contributed by atoms with Crippen molar-refractivity contribution in [3.8, 4) is 11.5 Å². The standard InChI is InChI=1S/C39H52O5/c1-2-3-4-5-6-7-8-9-10-11-12-13-14-15-16-23-28-43-35-29-34(38(40)41)30-36(31-35)44-39(42)37(32-24-19-17-20-25-32)33-26-21-18-22-27-33/h17-22,24-27,29-31,37H,2-16,23,28H2,1H3,(H,40,41). The molecule has 5 nitrogen and oxygen atoms in total. The predicted octanol–water partition coefficient (Wildman–Crippen LogP) is 10.8. The van der Waals surface area contributed by atoms with Crippen molar-refractivity contribution < 1.29 is 24.2 Å². The Morgan fingerprint density at radius 2 is 1.02 bits per heavy atom. The van der Waals surface area contributed by atoms with Crippen molar-refractivity contribution >= 4 is 11.9 Å². The van der Waals surface area contributed by atoms with Crippen LogP contribution in [0.1, 0.15) is 137 Å². The van der Waals surface area contributed by atoms with Crippen LogP contribution in [0.2, 0.25) is 0 Å². The van der Waals surface area contributed by atoms with Crippen LogP contribution in [0.3, 0.4) is 0 Å². The Labute approximate surface area is 265 Å². The van der Waals surface area contributed by atoms with Gasteiger partial charge < -0.3 is 14.6 Å². The molecular weight excluding hydrogens is 548 g/mol. The minimum absolute atomic E-state index is 0.0215. The maximum absolute atomic E-state index is 13.4. The van der Waals surface area contributed by atoms with Crippen molar-refractivity contribution in [3.63, 3.8) is 0 Å². The third kappa shape index (κ3) is 13.4. The molecule has 0 unspecified atom stereocenters. The van der Waals surface area contributed by atoms with E-state index in [2.05, 4.69) is 6.92 Å². The molecule has 44 heavy (non-hydrogen) atoms. The summed E-state index contributed by atoms with van der Waals surface area (Å²) in [5, 5.41) is 9.66. The van der Waals surface area contributed by atoms with Crippen LogP contribution in [0, 0.1) is 0 Å². The second kappa shape index (κ2) is 21.2. The number of ether oxygens (including phenoxy) is 2. The van der Waals surface area contributed by atoms with E-state index in [1.165, 1.54) is 102 Å². The Morgan fingerprint density at radius 1 is 0.591 bits per heavy atom. The molecule has 5 heteroatoms. The van der Waals surface area contributed by atoms with E-state index < -0.39 is 17.9 Å². The molecule has 0 aliphatic carbocycles. The quantitative estimate of drug-likeness (QED) is 0.0666. The van der Waals surface area contributed by atoms with Crippen molar-refractivity contribution in [1.82, 2.24) is 0 Å². The Kier molecular flexibility index (Phi) is 16.8. The molecule has 0 saturated carbocycles. The van der Waals surface area contributed by atoms with Crippen molar-refractivity contribution in [2.45, 2.75) is 116 Å². The molecule has 0 fully saturated rings. The Morgan fingerprint density at radius 3 is 1.48 bits per heavy atom. The van der Waals surface area contributed by atoms with Gasteiger partial charge in [0.15, 0.2) is 0 Å². The van der Waals surface area contributed by atoms with Gasteiger partial charge in [-0.1, -0.05) is 164 Å². The molecule has 0 radical (unpaired) electrons. The van der Waals surface area contributed by atoms with Gasteiger partial charge in [0.2, 0.25) is 0 Å². The topological polar surface area (TPSA) is 72.8 Å². The van der Waals surface area contributed by atoms with Crippen molar-refractivity contribution in [1.29, 1.82) is 0 Å². The van der Waals surface area contributed by atoms with E-state index in [0.717, 1.165) is 24.0 Å². The number of benzene rings is 3. The van der Waals surface area contributed by atoms with Gasteiger partial charge in [-0.25, -0.2) is 4.79 Å². The average molecular weight is 601 g/mol. The maximum Gasteiger partial charge on any atom is 0.335 e. The molecule has 0 spiro atoms. The van der Waals surface area contributed by atoms with Crippen LogP contribution < -0.4 is 9.47 Å². The van der Waals surface area contributed by atoms with Gasteiger partial charge in [0.25, 0.3) is 0 Å². The van der Waals surface area contributed by atoms with Gasteiger partial charge in [0.05, 0.1) is 12.2 Å². The monoisotopic (exact) mass is 600 g/mol. The highest BCUT2D eigenvalue weighted by molar-refractivity contribution is 5.89. The summed E-state index contributed by atoms with van der Waals surface area (Å²) in [4.78, 5) is 25.2. The number of rotatable bonds is 23. The van der Waals surface area contributed by atoms with E-state index in [0.29, 0.717) is 12.4 Å². The molecule has 3 rings (SSSR count). The zero-order valence-corrected chi connectivity index (χ0v) is 26.7. The van der Waals surface area contributed by atoms with Crippen molar-refractivity contribution in [2.75, 3.05) is 6.61 Å². The van der Waals surface area contributed by atoms with Gasteiger partial charge >= 0.3 is 11.9 Å². The number of esters is 1. The minimum atomic E-state index is -1.10. The van der Waals surface area contributed by atoms with Gasteiger partial charge in [0, 0.05) is 6.07 Å². The summed E-state index contributed by atoms with van der Waals surface area (Å²) in [6.07, 6.45) is 20.9. The molecule has 0 heterocycles. The summed E-state index contributed by atoms with van der Waals surface area (Å²) in [5.41, 5.74) is 1.63. The highest BCUT2D eigenvalue weighted by atomic mass is 16.5. The highest BCUT2D eigenvalue weighted by Crippen LogP contribution is 2.29. The van der Waals surface area contributed by atoms with E-state index in [1.807, 2.05) is 60.7 Å². The van der Waals surface area contributed by atoms with E-state index in [-0.39, 0.29) is 11.3 Å². The lowest BCUT2D eigenvalue weighted by Crippen LogP contribution is -2.20. The number of hydrogen-bond acceptors (Lipinski definition) is 4. The second-order valence-electron chi connectivity index (χ2n) is 11.8. The molecule has 3 aromatic rings. The molecule has 0 amide bonds. The molecule has 0 bridgehead atoms. The molecule has 0 aliphatic rings. The smallest absolute Gasteiger partial charge is 0.335 e. The zero-order valence-electron chi connectivity index (χ0n) is 26.7. The van der Waals surface area contributed by atoms with Gasteiger partial charge in [-0.15, -0.1) is 0 Å². The Hall–Kier alpha value is -3.60. The molecule has 238 valence electrons. The summed E-state index contributed by atoms with van der Waals surface area (Å²) < 4.78 is 11.7. The van der Waals surface area contributed by atoms with Gasteiger partial charge in [-0.05, 0) is 29.7 Å². The number of carbonyl (C=O) groups is 2. The summed E-state index contributed by atoms with van der Waals surface area (Å²) in [7, 11) is 0. The number of carboxylic acid groups (broad SMARTS) is 1. The SMILES string of the molecule is CCCCCCCCCCCCCCCCCCOc1cc(OC(=O)C(c2ccccc2)c2ccccc2)cc(C(=O)O)c1. The Bertz CT molecular complexity index is 1170. The molecule has 0 atom stereocenters. The largest absolute Gasteiger partial charge is 0.493 e. The van der Waals surface area contributed by atoms with Crippen molar-refractivity contribution in [2.24, 2.45) is 0 Å². The first kappa shape index (κ1) is 34.9. The normalized spacial score (nSPS) is 11.0. The van der Waals surface area contributed by atoms with Crippen LogP contribution in [0.15, 0.2) is 78.9 Å². The average Bonchev–Trinajstić information content (AvgIpc) is 3.03. The van der Waals surface area contributed by atoms with E-state index in [9.17, 15) is 14.7 Å². The third-order valence-electron chi connectivity index (χ3n) is 8.11. The van der Waals surface area contributed by atoms with Gasteiger partial charge in [-0.2, -0.15) is 0 Å². The summed E-state index contributed by atoms with van der Waals surface area (Å²) in [6.45, 7) is 2.76. The summed E-state index contributed by atoms with van der Waals surface area (Å²) in [6, 6.07) is 23.3. The van der Waals surface area contributed by atoms with Crippen molar-refractivity contribution in [3.05, 3.63) is 95.6 Å². The van der Waals surface area contributed by atoms with E-state index >= 15 is 0 Å². The summed E-state index contributed by atoms with van der Waals surface area (Å²) in [5.74, 6) is -1.66. The third-order valence-corrected chi connectivity index (χ3v) is 8.11. The minimum Gasteiger partial charge on any atom is -0.493 e. The fraction of sp³-hybridized carbons (Fsp3) is 0.487. The Balaban J connectivity index is 1.38. The molecule has 1 N–H and O–H groups in total. The number of aromatic carboxylic acids is 1. The lowest BCUT2D eigenvalue weighted by molar-refractivity contribution is -0.135. The lowest BCUT2D eigenvalue weighted by Gasteiger charge is -2.17. The second-order valence-corrected chi connectivity index (χ2v) is 11.8. The molecule has 3 aromatic carbocycles.